The van der Waals surface area contributed by atoms with E-state index in [4.69, 9.17) is 20.3 Å². The Labute approximate surface area is 184 Å². The third kappa shape index (κ3) is 3.76. The molecule has 0 aliphatic carbocycles. The second-order valence-electron chi connectivity index (χ2n) is 7.71. The molecule has 0 radical (unpaired) electrons. The van der Waals surface area contributed by atoms with Crippen LogP contribution < -0.4 is 15.8 Å². The lowest BCUT2D eigenvalue weighted by atomic mass is 10.1. The molecule has 1 aliphatic rings. The number of halogens is 1. The maximum atomic E-state index is 15.2. The first-order valence-corrected chi connectivity index (χ1v) is 10.4. The number of fused-ring (bicyclic) bond motifs is 1. The number of benzene rings is 2. The SMILES string of the molecule is CO[C@H]1CNC[C@H](n2nc(-c3ccc(Oc4ccccc4)cc3F)c3c(N)ncnc32)C1. The molecular weight excluding hydrogens is 411 g/mol. The molecule has 0 unspecified atom stereocenters. The minimum absolute atomic E-state index is 0.0111. The fourth-order valence-electron chi connectivity index (χ4n) is 4.06. The highest BCUT2D eigenvalue weighted by Gasteiger charge is 2.28. The van der Waals surface area contributed by atoms with Gasteiger partial charge in [0.05, 0.1) is 17.5 Å². The van der Waals surface area contributed by atoms with Crippen LogP contribution in [0, 0.1) is 5.82 Å². The van der Waals surface area contributed by atoms with Crippen molar-refractivity contribution in [1.29, 1.82) is 0 Å². The molecule has 0 bridgehead atoms. The van der Waals surface area contributed by atoms with Crippen molar-refractivity contribution < 1.29 is 13.9 Å². The molecule has 8 nitrogen and oxygen atoms in total. The van der Waals surface area contributed by atoms with E-state index in [9.17, 15) is 0 Å². The summed E-state index contributed by atoms with van der Waals surface area (Å²) in [6.07, 6.45) is 2.22. The molecule has 1 aliphatic heterocycles. The van der Waals surface area contributed by atoms with Crippen molar-refractivity contribution in [2.45, 2.75) is 18.6 Å². The van der Waals surface area contributed by atoms with Crippen LogP contribution in [0.3, 0.4) is 0 Å². The van der Waals surface area contributed by atoms with Gasteiger partial charge in [-0.1, -0.05) is 18.2 Å². The molecule has 2 atom stereocenters. The predicted octanol–water partition coefficient (Wildman–Crippen LogP) is 3.56. The van der Waals surface area contributed by atoms with Crippen LogP contribution in [-0.2, 0) is 4.74 Å². The summed E-state index contributed by atoms with van der Waals surface area (Å²) in [6, 6.07) is 13.9. The lowest BCUT2D eigenvalue weighted by Crippen LogP contribution is -2.41. The van der Waals surface area contributed by atoms with E-state index in [1.807, 2.05) is 30.3 Å². The van der Waals surface area contributed by atoms with Crippen LogP contribution in [0.4, 0.5) is 10.2 Å². The quantitative estimate of drug-likeness (QED) is 0.495. The number of ether oxygens (including phenoxy) is 2. The van der Waals surface area contributed by atoms with Crippen LogP contribution in [0.1, 0.15) is 12.5 Å². The predicted molar refractivity (Wildman–Crippen MR) is 119 cm³/mol. The van der Waals surface area contributed by atoms with Crippen LogP contribution in [0.2, 0.25) is 0 Å². The number of methoxy groups -OCH3 is 1. The zero-order valence-corrected chi connectivity index (χ0v) is 17.5. The van der Waals surface area contributed by atoms with Gasteiger partial charge in [0, 0.05) is 31.8 Å². The van der Waals surface area contributed by atoms with E-state index in [1.54, 1.807) is 23.9 Å². The normalized spacial score (nSPS) is 18.7. The van der Waals surface area contributed by atoms with Crippen LogP contribution in [-0.4, -0.2) is 46.1 Å². The Hall–Kier alpha value is -3.56. The van der Waals surface area contributed by atoms with Crippen LogP contribution in [0.5, 0.6) is 11.5 Å². The van der Waals surface area contributed by atoms with Gasteiger partial charge in [0.25, 0.3) is 0 Å². The van der Waals surface area contributed by atoms with E-state index < -0.39 is 5.82 Å². The molecule has 2 aromatic heterocycles. The van der Waals surface area contributed by atoms with E-state index in [0.29, 0.717) is 40.3 Å². The molecule has 164 valence electrons. The van der Waals surface area contributed by atoms with Gasteiger partial charge in [-0.15, -0.1) is 0 Å². The standard InChI is InChI=1S/C23H23FN6O2/c1-31-17-9-14(11-26-12-17)30-23-20(22(25)27-13-28-23)21(29-30)18-8-7-16(10-19(18)24)32-15-5-3-2-4-6-15/h2-8,10,13-14,17,26H,9,11-12H2,1H3,(H2,25,27,28)/t14-,17-/m1/s1. The number of para-hydroxylation sites is 1. The fraction of sp³-hybridized carbons (Fsp3) is 0.261. The number of hydrogen-bond acceptors (Lipinski definition) is 7. The Balaban J connectivity index is 1.55. The molecule has 4 aromatic rings. The van der Waals surface area contributed by atoms with Crippen molar-refractivity contribution in [3.63, 3.8) is 0 Å². The number of nitrogen functional groups attached to an aromatic ring is 1. The Kier molecular flexibility index (Phi) is 5.42. The highest BCUT2D eigenvalue weighted by atomic mass is 19.1. The third-order valence-corrected chi connectivity index (χ3v) is 5.66. The van der Waals surface area contributed by atoms with Gasteiger partial charge in [-0.2, -0.15) is 5.10 Å². The van der Waals surface area contributed by atoms with Gasteiger partial charge in [0.1, 0.15) is 35.2 Å². The number of nitrogens with zero attached hydrogens (tertiary/aromatic N) is 4. The van der Waals surface area contributed by atoms with Gasteiger partial charge in [-0.05, 0) is 30.7 Å². The zero-order chi connectivity index (χ0) is 22.1. The molecule has 0 spiro atoms. The molecule has 3 N–H and O–H groups in total. The molecule has 9 heteroatoms. The summed E-state index contributed by atoms with van der Waals surface area (Å²) in [4.78, 5) is 8.52. The summed E-state index contributed by atoms with van der Waals surface area (Å²) in [7, 11) is 1.69. The lowest BCUT2D eigenvalue weighted by molar-refractivity contribution is 0.0623. The Morgan fingerprint density at radius 1 is 1.09 bits per heavy atom. The van der Waals surface area contributed by atoms with Crippen molar-refractivity contribution >= 4 is 16.9 Å². The summed E-state index contributed by atoms with van der Waals surface area (Å²) in [5, 5.41) is 8.63. The van der Waals surface area contributed by atoms with Crippen molar-refractivity contribution in [3.05, 3.63) is 60.7 Å². The number of hydrogen-bond donors (Lipinski definition) is 2. The monoisotopic (exact) mass is 434 g/mol. The summed E-state index contributed by atoms with van der Waals surface area (Å²) >= 11 is 0. The molecule has 2 aromatic carbocycles. The Morgan fingerprint density at radius 3 is 2.72 bits per heavy atom. The molecule has 0 saturated carbocycles. The third-order valence-electron chi connectivity index (χ3n) is 5.66. The van der Waals surface area contributed by atoms with Gasteiger partial charge in [0.2, 0.25) is 0 Å². The summed E-state index contributed by atoms with van der Waals surface area (Å²) in [6.45, 7) is 1.47. The maximum Gasteiger partial charge on any atom is 0.164 e. The van der Waals surface area contributed by atoms with Crippen LogP contribution >= 0.6 is 0 Å². The number of piperidine rings is 1. The number of nitrogens with one attached hydrogen (secondary N) is 1. The Morgan fingerprint density at radius 2 is 1.94 bits per heavy atom. The second-order valence-corrected chi connectivity index (χ2v) is 7.71. The summed E-state index contributed by atoms with van der Waals surface area (Å²) < 4.78 is 28.3. The summed E-state index contributed by atoms with van der Waals surface area (Å²) in [5.74, 6) is 0.812. The number of nitrogens with two attached hydrogens (primary N) is 1. The van der Waals surface area contributed by atoms with E-state index in [0.717, 1.165) is 13.0 Å². The van der Waals surface area contributed by atoms with E-state index >= 15 is 4.39 Å². The molecule has 5 rings (SSSR count). The molecule has 1 saturated heterocycles. The molecule has 1 fully saturated rings. The molecule has 3 heterocycles. The minimum Gasteiger partial charge on any atom is -0.457 e. The number of anilines is 1. The van der Waals surface area contributed by atoms with Crippen molar-refractivity contribution in [2.75, 3.05) is 25.9 Å². The second kappa shape index (κ2) is 8.52. The molecular formula is C23H23FN6O2. The van der Waals surface area contributed by atoms with Gasteiger partial charge in [-0.3, -0.25) is 0 Å². The fourth-order valence-corrected chi connectivity index (χ4v) is 4.06. The topological polar surface area (TPSA) is 100 Å². The number of rotatable bonds is 5. The Bertz CT molecular complexity index is 1250. The van der Waals surface area contributed by atoms with Crippen LogP contribution in [0.15, 0.2) is 54.9 Å². The largest absolute Gasteiger partial charge is 0.457 e. The lowest BCUT2D eigenvalue weighted by Gasteiger charge is -2.29. The first kappa shape index (κ1) is 20.3. The van der Waals surface area contributed by atoms with Crippen molar-refractivity contribution in [3.8, 4) is 22.8 Å². The first-order chi connectivity index (χ1) is 15.6. The zero-order valence-electron chi connectivity index (χ0n) is 17.5. The van der Waals surface area contributed by atoms with Crippen molar-refractivity contribution in [2.24, 2.45) is 0 Å². The smallest absolute Gasteiger partial charge is 0.164 e. The van der Waals surface area contributed by atoms with E-state index in [1.165, 1.54) is 12.4 Å². The highest BCUT2D eigenvalue weighted by molar-refractivity contribution is 5.98. The number of aromatic nitrogens is 4. The average Bonchev–Trinajstić information content (AvgIpc) is 3.21. The van der Waals surface area contributed by atoms with E-state index in [2.05, 4.69) is 15.3 Å². The molecule has 32 heavy (non-hydrogen) atoms. The van der Waals surface area contributed by atoms with Crippen molar-refractivity contribution in [1.82, 2.24) is 25.1 Å². The average molecular weight is 434 g/mol. The minimum atomic E-state index is -0.468. The van der Waals surface area contributed by atoms with Gasteiger partial charge >= 0.3 is 0 Å². The van der Waals surface area contributed by atoms with E-state index in [-0.39, 0.29) is 18.0 Å². The van der Waals surface area contributed by atoms with Crippen LogP contribution in [0.25, 0.3) is 22.3 Å². The maximum absolute atomic E-state index is 15.2. The highest BCUT2D eigenvalue weighted by Crippen LogP contribution is 2.36. The van der Waals surface area contributed by atoms with Gasteiger partial charge in [0.15, 0.2) is 5.65 Å². The van der Waals surface area contributed by atoms with Gasteiger partial charge in [-0.25, -0.2) is 19.0 Å². The molecule has 0 amide bonds. The van der Waals surface area contributed by atoms with Gasteiger partial charge < -0.3 is 20.5 Å². The summed E-state index contributed by atoms with van der Waals surface area (Å²) in [5.41, 5.74) is 7.46. The first-order valence-electron chi connectivity index (χ1n) is 10.4.